The molecule has 3 heterocycles. The molecule has 0 N–H and O–H groups in total. The number of hydrogen-bond donors (Lipinski definition) is 0. The quantitative estimate of drug-likeness (QED) is 0.226. The van der Waals surface area contributed by atoms with Crippen molar-refractivity contribution in [3.05, 3.63) is 70.3 Å². The van der Waals surface area contributed by atoms with Crippen molar-refractivity contribution < 1.29 is 9.53 Å². The first kappa shape index (κ1) is 26.4. The van der Waals surface area contributed by atoms with Crippen LogP contribution in [0.2, 0.25) is 0 Å². The van der Waals surface area contributed by atoms with Gasteiger partial charge in [0.25, 0.3) is 5.56 Å². The van der Waals surface area contributed by atoms with Crippen molar-refractivity contribution in [1.29, 1.82) is 0 Å². The number of nitrogens with zero attached hydrogens (tertiary/aromatic N) is 3. The van der Waals surface area contributed by atoms with Gasteiger partial charge in [-0.2, -0.15) is 0 Å². The number of hydrogen-bond acceptors (Lipinski definition) is 6. The monoisotopic (exact) mass is 531 g/mol. The molecule has 0 amide bonds. The van der Waals surface area contributed by atoms with Crippen molar-refractivity contribution >= 4 is 43.9 Å². The third-order valence-electron chi connectivity index (χ3n) is 7.56. The lowest BCUT2D eigenvalue weighted by Crippen LogP contribution is -2.46. The molecule has 1 unspecified atom stereocenters. The van der Waals surface area contributed by atoms with E-state index in [1.165, 1.54) is 26.4 Å². The van der Waals surface area contributed by atoms with Gasteiger partial charge in [0, 0.05) is 60.0 Å². The van der Waals surface area contributed by atoms with Gasteiger partial charge in [-0.25, -0.2) is 4.57 Å². The highest BCUT2D eigenvalue weighted by Gasteiger charge is 2.19. The third kappa shape index (κ3) is 5.79. The van der Waals surface area contributed by atoms with Gasteiger partial charge in [0.1, 0.15) is 5.75 Å². The van der Waals surface area contributed by atoms with Crippen LogP contribution in [0.3, 0.4) is 0 Å². The lowest BCUT2D eigenvalue weighted by atomic mass is 10.0. The molecule has 5 rings (SSSR count). The molecular formula is C31H37N3O3S. The van der Waals surface area contributed by atoms with Crippen molar-refractivity contribution in [2.75, 3.05) is 44.2 Å². The summed E-state index contributed by atoms with van der Waals surface area (Å²) in [5.41, 5.74) is 1.70. The van der Waals surface area contributed by atoms with Crippen LogP contribution in [-0.4, -0.2) is 54.7 Å². The molecule has 0 saturated carbocycles. The molecule has 200 valence electrons. The Balaban J connectivity index is 1.11. The van der Waals surface area contributed by atoms with Crippen molar-refractivity contribution in [3.63, 3.8) is 0 Å². The summed E-state index contributed by atoms with van der Waals surface area (Å²) in [6, 6.07) is 17.8. The van der Waals surface area contributed by atoms with Crippen molar-refractivity contribution in [3.8, 4) is 5.75 Å². The summed E-state index contributed by atoms with van der Waals surface area (Å²) in [6.07, 6.45) is 3.70. The van der Waals surface area contributed by atoms with E-state index in [2.05, 4.69) is 39.4 Å². The Morgan fingerprint density at radius 2 is 1.84 bits per heavy atom. The predicted octanol–water partition coefficient (Wildman–Crippen LogP) is 6.27. The van der Waals surface area contributed by atoms with Crippen molar-refractivity contribution in [2.24, 2.45) is 5.92 Å². The highest BCUT2D eigenvalue weighted by Crippen LogP contribution is 2.31. The van der Waals surface area contributed by atoms with Gasteiger partial charge < -0.3 is 9.64 Å². The summed E-state index contributed by atoms with van der Waals surface area (Å²) in [5, 5.41) is 4.41. The van der Waals surface area contributed by atoms with Gasteiger partial charge in [-0.15, -0.1) is 11.3 Å². The fourth-order valence-corrected chi connectivity index (χ4v) is 6.21. The first-order chi connectivity index (χ1) is 18.5. The number of carbonyl (C=O) groups is 1. The molecule has 1 fully saturated rings. The standard InChI is InChI=1S/C31H37N3O3S/c1-3-7-23(2)31(36)34-28-22-25(12-10-24(28)11-13-30(34)35)37-20-5-4-15-32-16-18-33(19-17-32)27-8-6-9-29-26(27)14-21-38-29/h6,8-14,21-23H,3-5,7,15-20H2,1-2H3. The maximum absolute atomic E-state index is 13.0. The van der Waals surface area contributed by atoms with Gasteiger partial charge in [-0.3, -0.25) is 14.5 Å². The van der Waals surface area contributed by atoms with E-state index < -0.39 is 0 Å². The molecule has 1 atom stereocenters. The number of thiophene rings is 1. The number of piperazine rings is 1. The summed E-state index contributed by atoms with van der Waals surface area (Å²) < 4.78 is 8.72. The maximum atomic E-state index is 13.0. The molecule has 4 aromatic rings. The number of unbranched alkanes of at least 4 members (excludes halogenated alkanes) is 1. The average molecular weight is 532 g/mol. The molecule has 0 radical (unpaired) electrons. The molecule has 7 heteroatoms. The Hall–Kier alpha value is -3.16. The maximum Gasteiger partial charge on any atom is 0.257 e. The first-order valence-corrected chi connectivity index (χ1v) is 14.7. The zero-order chi connectivity index (χ0) is 26.5. The molecule has 38 heavy (non-hydrogen) atoms. The molecule has 2 aromatic heterocycles. The Labute approximate surface area is 228 Å². The van der Waals surface area contributed by atoms with E-state index in [1.54, 1.807) is 17.4 Å². The molecule has 0 aliphatic carbocycles. The highest BCUT2D eigenvalue weighted by molar-refractivity contribution is 7.17. The number of rotatable bonds is 10. The number of pyridine rings is 1. The summed E-state index contributed by atoms with van der Waals surface area (Å²) >= 11 is 1.81. The summed E-state index contributed by atoms with van der Waals surface area (Å²) in [7, 11) is 0. The normalized spacial score (nSPS) is 15.3. The first-order valence-electron chi connectivity index (χ1n) is 13.8. The molecule has 1 saturated heterocycles. The van der Waals surface area contributed by atoms with Gasteiger partial charge in [0.2, 0.25) is 5.91 Å². The summed E-state index contributed by atoms with van der Waals surface area (Å²) in [6.45, 7) is 9.89. The largest absolute Gasteiger partial charge is 0.494 e. The molecule has 0 bridgehead atoms. The SMILES string of the molecule is CCCC(C)C(=O)n1c(=O)ccc2ccc(OCCCCN3CCN(c4cccc5sccc45)CC3)cc21. The minimum atomic E-state index is -0.283. The van der Waals surface area contributed by atoms with Crippen LogP contribution in [0, 0.1) is 5.92 Å². The summed E-state index contributed by atoms with van der Waals surface area (Å²) in [4.78, 5) is 30.6. The van der Waals surface area contributed by atoms with Crippen molar-refractivity contribution in [2.45, 2.75) is 39.5 Å². The summed E-state index contributed by atoms with van der Waals surface area (Å²) in [5.74, 6) is 0.356. The van der Waals surface area contributed by atoms with E-state index >= 15 is 0 Å². The third-order valence-corrected chi connectivity index (χ3v) is 8.44. The van der Waals surface area contributed by atoms with E-state index in [1.807, 2.05) is 32.0 Å². The number of benzene rings is 2. The number of fused-ring (bicyclic) bond motifs is 2. The molecule has 0 spiro atoms. The lowest BCUT2D eigenvalue weighted by Gasteiger charge is -2.36. The van der Waals surface area contributed by atoms with E-state index in [9.17, 15) is 9.59 Å². The van der Waals surface area contributed by atoms with Crippen LogP contribution in [-0.2, 0) is 0 Å². The molecule has 2 aromatic carbocycles. The number of carbonyl (C=O) groups excluding carboxylic acids is 1. The Kier molecular flexibility index (Phi) is 8.45. The van der Waals surface area contributed by atoms with Crippen molar-refractivity contribution in [1.82, 2.24) is 9.47 Å². The molecular weight excluding hydrogens is 494 g/mol. The average Bonchev–Trinajstić information content (AvgIpc) is 3.42. The molecule has 6 nitrogen and oxygen atoms in total. The smallest absolute Gasteiger partial charge is 0.257 e. The zero-order valence-corrected chi connectivity index (χ0v) is 23.2. The van der Waals surface area contributed by atoms with Gasteiger partial charge >= 0.3 is 0 Å². The van der Waals surface area contributed by atoms with Gasteiger partial charge in [-0.1, -0.05) is 26.3 Å². The second-order valence-corrected chi connectivity index (χ2v) is 11.2. The van der Waals surface area contributed by atoms with Crippen LogP contribution in [0.25, 0.3) is 21.0 Å². The van der Waals surface area contributed by atoms with Crippen LogP contribution in [0.4, 0.5) is 5.69 Å². The fourth-order valence-electron chi connectivity index (χ4n) is 5.40. The van der Waals surface area contributed by atoms with E-state index in [-0.39, 0.29) is 17.4 Å². The lowest BCUT2D eigenvalue weighted by molar-refractivity contribution is 0.0839. The highest BCUT2D eigenvalue weighted by atomic mass is 32.1. The second-order valence-electron chi connectivity index (χ2n) is 10.2. The predicted molar refractivity (Wildman–Crippen MR) is 158 cm³/mol. The fraction of sp³-hybridized carbons (Fsp3) is 0.419. The van der Waals surface area contributed by atoms with E-state index in [4.69, 9.17) is 4.74 Å². The minimum absolute atomic E-state index is 0.147. The zero-order valence-electron chi connectivity index (χ0n) is 22.4. The van der Waals surface area contributed by atoms with Gasteiger partial charge in [0.05, 0.1) is 12.1 Å². The van der Waals surface area contributed by atoms with Crippen LogP contribution >= 0.6 is 11.3 Å². The Morgan fingerprint density at radius 3 is 2.66 bits per heavy atom. The van der Waals surface area contributed by atoms with Gasteiger partial charge in [-0.05, 0) is 73.0 Å². The number of anilines is 1. The molecule has 1 aliphatic heterocycles. The Bertz CT molecular complexity index is 1450. The second kappa shape index (κ2) is 12.1. The van der Waals surface area contributed by atoms with E-state index in [0.717, 1.165) is 63.8 Å². The topological polar surface area (TPSA) is 54.8 Å². The van der Waals surface area contributed by atoms with Crippen LogP contribution in [0.5, 0.6) is 5.75 Å². The number of ether oxygens (including phenoxy) is 1. The van der Waals surface area contributed by atoms with Gasteiger partial charge in [0.15, 0.2) is 0 Å². The number of aromatic nitrogens is 1. The van der Waals surface area contributed by atoms with Crippen LogP contribution in [0.15, 0.2) is 64.8 Å². The van der Waals surface area contributed by atoms with Crippen LogP contribution < -0.4 is 15.2 Å². The Morgan fingerprint density at radius 1 is 1.03 bits per heavy atom. The molecule has 1 aliphatic rings. The minimum Gasteiger partial charge on any atom is -0.494 e. The van der Waals surface area contributed by atoms with Crippen LogP contribution in [0.1, 0.15) is 44.3 Å². The van der Waals surface area contributed by atoms with E-state index in [0.29, 0.717) is 17.9 Å².